The van der Waals surface area contributed by atoms with Gasteiger partial charge >= 0.3 is 0 Å². The Balaban J connectivity index is 0.00000147. The molecular formula is C13H20ClN5O. The largest absolute Gasteiger partial charge is 0.334 e. The predicted molar refractivity (Wildman–Crippen MR) is 77.5 cm³/mol. The molecule has 2 aromatic heterocycles. The molecule has 3 rings (SSSR count). The number of nitrogens with two attached hydrogens (primary N) is 1. The van der Waals surface area contributed by atoms with Crippen LogP contribution in [0.5, 0.6) is 0 Å². The molecule has 2 aromatic rings. The lowest BCUT2D eigenvalue weighted by Crippen LogP contribution is -2.44. The summed E-state index contributed by atoms with van der Waals surface area (Å²) in [6.45, 7) is 6.27. The fourth-order valence-electron chi connectivity index (χ4n) is 2.12. The second-order valence-corrected chi connectivity index (χ2v) is 6.28. The fourth-order valence-corrected chi connectivity index (χ4v) is 2.12. The normalized spacial score (nSPS) is 17.4. The minimum absolute atomic E-state index is 0. The summed E-state index contributed by atoms with van der Waals surface area (Å²) in [4.78, 5) is 4.41. The van der Waals surface area contributed by atoms with Crippen molar-refractivity contribution >= 4 is 12.4 Å². The molecule has 0 spiro atoms. The smallest absolute Gasteiger partial charge is 0.261 e. The SMILES string of the molecule is CC(C)(C)n1cc(-c2nc(C3(N)CCC3)no2)cn1.Cl. The zero-order valence-corrected chi connectivity index (χ0v) is 12.8. The van der Waals surface area contributed by atoms with E-state index >= 15 is 0 Å². The standard InChI is InChI=1S/C13H19N5O.ClH/c1-12(2,3)18-8-9(7-15-18)10-16-11(17-19-10)13(14)5-4-6-13;/h7-8H,4-6,14H2,1-3H3;1H. The first kappa shape index (κ1) is 15.0. The van der Waals surface area contributed by atoms with Crippen LogP contribution in [0.3, 0.4) is 0 Å². The Morgan fingerprint density at radius 1 is 1.35 bits per heavy atom. The molecule has 2 heterocycles. The second kappa shape index (κ2) is 4.86. The average Bonchev–Trinajstić information content (AvgIpc) is 2.93. The van der Waals surface area contributed by atoms with Crippen molar-refractivity contribution in [2.75, 3.05) is 0 Å². The van der Waals surface area contributed by atoms with Gasteiger partial charge in [0.2, 0.25) is 0 Å². The van der Waals surface area contributed by atoms with Crippen molar-refractivity contribution in [2.24, 2.45) is 5.73 Å². The zero-order valence-electron chi connectivity index (χ0n) is 12.0. The summed E-state index contributed by atoms with van der Waals surface area (Å²) in [5.41, 5.74) is 6.56. The Kier molecular flexibility index (Phi) is 3.64. The molecule has 0 radical (unpaired) electrons. The van der Waals surface area contributed by atoms with Crippen LogP contribution in [0.4, 0.5) is 0 Å². The molecule has 1 fully saturated rings. The second-order valence-electron chi connectivity index (χ2n) is 6.28. The van der Waals surface area contributed by atoms with E-state index in [1.165, 1.54) is 0 Å². The Labute approximate surface area is 124 Å². The van der Waals surface area contributed by atoms with Gasteiger partial charge in [0.15, 0.2) is 5.82 Å². The molecule has 0 atom stereocenters. The van der Waals surface area contributed by atoms with Crippen molar-refractivity contribution in [1.82, 2.24) is 19.9 Å². The van der Waals surface area contributed by atoms with Crippen LogP contribution >= 0.6 is 12.4 Å². The number of nitrogens with zero attached hydrogens (tertiary/aromatic N) is 4. The third-order valence-electron chi connectivity index (χ3n) is 3.63. The van der Waals surface area contributed by atoms with E-state index in [2.05, 4.69) is 36.0 Å². The average molecular weight is 298 g/mol. The summed E-state index contributed by atoms with van der Waals surface area (Å²) in [6.07, 6.45) is 6.64. The molecule has 0 aliphatic heterocycles. The lowest BCUT2D eigenvalue weighted by Gasteiger charge is -2.34. The highest BCUT2D eigenvalue weighted by Crippen LogP contribution is 2.37. The van der Waals surface area contributed by atoms with Crippen LogP contribution in [0.2, 0.25) is 0 Å². The van der Waals surface area contributed by atoms with Crippen LogP contribution in [0.1, 0.15) is 45.9 Å². The van der Waals surface area contributed by atoms with Crippen molar-refractivity contribution in [1.29, 1.82) is 0 Å². The molecule has 1 aliphatic carbocycles. The van der Waals surface area contributed by atoms with Crippen LogP contribution in [-0.2, 0) is 11.1 Å². The summed E-state index contributed by atoms with van der Waals surface area (Å²) in [5.74, 6) is 1.10. The maximum absolute atomic E-state index is 6.18. The van der Waals surface area contributed by atoms with E-state index in [0.29, 0.717) is 11.7 Å². The lowest BCUT2D eigenvalue weighted by molar-refractivity contribution is 0.229. The number of hydrogen-bond donors (Lipinski definition) is 1. The van der Waals surface area contributed by atoms with Crippen LogP contribution in [0.15, 0.2) is 16.9 Å². The van der Waals surface area contributed by atoms with E-state index in [1.54, 1.807) is 6.20 Å². The van der Waals surface area contributed by atoms with Gasteiger partial charge in [-0.05, 0) is 40.0 Å². The van der Waals surface area contributed by atoms with Gasteiger partial charge in [-0.25, -0.2) is 0 Å². The molecule has 0 aromatic carbocycles. The summed E-state index contributed by atoms with van der Waals surface area (Å²) >= 11 is 0. The predicted octanol–water partition coefficient (Wildman–Crippen LogP) is 2.45. The van der Waals surface area contributed by atoms with Gasteiger partial charge in [0.25, 0.3) is 5.89 Å². The molecule has 0 saturated heterocycles. The van der Waals surface area contributed by atoms with Gasteiger partial charge in [-0.15, -0.1) is 12.4 Å². The highest BCUT2D eigenvalue weighted by Gasteiger charge is 2.39. The monoisotopic (exact) mass is 297 g/mol. The Bertz CT molecular complexity index is 594. The van der Waals surface area contributed by atoms with E-state index in [9.17, 15) is 0 Å². The first-order valence-electron chi connectivity index (χ1n) is 6.57. The maximum atomic E-state index is 6.18. The van der Waals surface area contributed by atoms with Crippen molar-refractivity contribution < 1.29 is 4.52 Å². The molecular weight excluding hydrogens is 278 g/mol. The van der Waals surface area contributed by atoms with E-state index < -0.39 is 0 Å². The molecule has 0 amide bonds. The summed E-state index contributed by atoms with van der Waals surface area (Å²) in [6, 6.07) is 0. The Morgan fingerprint density at radius 2 is 2.05 bits per heavy atom. The van der Waals surface area contributed by atoms with Gasteiger partial charge in [-0.3, -0.25) is 4.68 Å². The van der Waals surface area contributed by atoms with E-state index in [4.69, 9.17) is 10.3 Å². The van der Waals surface area contributed by atoms with Gasteiger partial charge in [0.1, 0.15) is 0 Å². The van der Waals surface area contributed by atoms with Crippen molar-refractivity contribution in [3.63, 3.8) is 0 Å². The molecule has 1 aliphatic rings. The molecule has 7 heteroatoms. The van der Waals surface area contributed by atoms with Gasteiger partial charge in [0.05, 0.1) is 22.8 Å². The van der Waals surface area contributed by atoms with Crippen LogP contribution in [-0.4, -0.2) is 19.9 Å². The zero-order chi connectivity index (χ0) is 13.7. The number of hydrogen-bond acceptors (Lipinski definition) is 5. The Morgan fingerprint density at radius 3 is 2.55 bits per heavy atom. The highest BCUT2D eigenvalue weighted by atomic mass is 35.5. The van der Waals surface area contributed by atoms with E-state index in [-0.39, 0.29) is 23.5 Å². The molecule has 6 nitrogen and oxygen atoms in total. The van der Waals surface area contributed by atoms with Crippen LogP contribution < -0.4 is 5.73 Å². The summed E-state index contributed by atoms with van der Waals surface area (Å²) in [5, 5.41) is 8.34. The molecule has 2 N–H and O–H groups in total. The maximum Gasteiger partial charge on any atom is 0.261 e. The summed E-state index contributed by atoms with van der Waals surface area (Å²) < 4.78 is 7.19. The quantitative estimate of drug-likeness (QED) is 0.920. The van der Waals surface area contributed by atoms with Gasteiger partial charge in [-0.2, -0.15) is 10.1 Å². The first-order chi connectivity index (χ1) is 8.88. The third kappa shape index (κ3) is 2.45. The van der Waals surface area contributed by atoms with Gasteiger partial charge in [-0.1, -0.05) is 5.16 Å². The molecule has 20 heavy (non-hydrogen) atoms. The summed E-state index contributed by atoms with van der Waals surface area (Å²) in [7, 11) is 0. The van der Waals surface area contributed by atoms with Crippen molar-refractivity contribution in [3.8, 4) is 11.5 Å². The van der Waals surface area contributed by atoms with Crippen molar-refractivity contribution in [3.05, 3.63) is 18.2 Å². The molecule has 0 bridgehead atoms. The first-order valence-corrected chi connectivity index (χ1v) is 6.57. The lowest BCUT2D eigenvalue weighted by atomic mass is 9.77. The van der Waals surface area contributed by atoms with Crippen molar-refractivity contribution in [2.45, 2.75) is 51.1 Å². The van der Waals surface area contributed by atoms with E-state index in [0.717, 1.165) is 24.8 Å². The molecule has 0 unspecified atom stereocenters. The number of aromatic nitrogens is 4. The highest BCUT2D eigenvalue weighted by molar-refractivity contribution is 5.85. The number of halogens is 1. The molecule has 1 saturated carbocycles. The number of rotatable bonds is 2. The van der Waals surface area contributed by atoms with Gasteiger partial charge in [0, 0.05) is 6.20 Å². The topological polar surface area (TPSA) is 82.8 Å². The minimum atomic E-state index is -0.387. The van der Waals surface area contributed by atoms with Gasteiger partial charge < -0.3 is 10.3 Å². The van der Waals surface area contributed by atoms with E-state index in [1.807, 2.05) is 10.9 Å². The van der Waals surface area contributed by atoms with Crippen LogP contribution in [0.25, 0.3) is 11.5 Å². The fraction of sp³-hybridized carbons (Fsp3) is 0.615. The Hall–Kier alpha value is -1.40. The molecule has 110 valence electrons. The minimum Gasteiger partial charge on any atom is -0.334 e. The third-order valence-corrected chi connectivity index (χ3v) is 3.63. The van der Waals surface area contributed by atoms with Crippen LogP contribution in [0, 0.1) is 0 Å².